The van der Waals surface area contributed by atoms with E-state index in [9.17, 15) is 0 Å². The van der Waals surface area contributed by atoms with Crippen molar-refractivity contribution in [1.29, 1.82) is 0 Å². The molecule has 4 nitrogen and oxygen atoms in total. The van der Waals surface area contributed by atoms with Gasteiger partial charge in [-0.2, -0.15) is 0 Å². The smallest absolute Gasteiger partial charge is 0.159 e. The minimum absolute atomic E-state index is 0.361. The number of amidine groups is 1. The fourth-order valence-corrected chi connectivity index (χ4v) is 4.47. The van der Waals surface area contributed by atoms with Crippen molar-refractivity contribution < 1.29 is 4.74 Å². The summed E-state index contributed by atoms with van der Waals surface area (Å²) < 4.78 is 5.88. The summed E-state index contributed by atoms with van der Waals surface area (Å²) in [6.07, 6.45) is 3.92. The van der Waals surface area contributed by atoms with E-state index in [1.54, 1.807) is 0 Å². The Kier molecular flexibility index (Phi) is 7.05. The molecule has 25 heavy (non-hydrogen) atoms. The van der Waals surface area contributed by atoms with Crippen LogP contribution in [0.5, 0.6) is 0 Å². The Morgan fingerprint density at radius 2 is 1.92 bits per heavy atom. The Morgan fingerprint density at radius 3 is 2.52 bits per heavy atom. The van der Waals surface area contributed by atoms with E-state index in [-0.39, 0.29) is 0 Å². The van der Waals surface area contributed by atoms with E-state index < -0.39 is 0 Å². The zero-order valence-electron chi connectivity index (χ0n) is 15.6. The summed E-state index contributed by atoms with van der Waals surface area (Å²) in [7, 11) is 0. The van der Waals surface area contributed by atoms with Crippen LogP contribution in [-0.4, -0.2) is 54.7 Å². The third kappa shape index (κ3) is 5.14. The Hall–Kier alpha value is -1.20. The van der Waals surface area contributed by atoms with Crippen molar-refractivity contribution >= 4 is 22.6 Å². The molecule has 0 aromatic heterocycles. The maximum Gasteiger partial charge on any atom is 0.159 e. The van der Waals surface area contributed by atoms with Crippen LogP contribution in [0.25, 0.3) is 0 Å². The lowest BCUT2D eigenvalue weighted by molar-refractivity contribution is 0.0906. The number of anilines is 1. The number of rotatable bonds is 7. The van der Waals surface area contributed by atoms with Gasteiger partial charge in [0.25, 0.3) is 0 Å². The number of hydrogen-bond acceptors (Lipinski definition) is 5. The van der Waals surface area contributed by atoms with E-state index in [4.69, 9.17) is 9.73 Å². The van der Waals surface area contributed by atoms with Crippen molar-refractivity contribution in [1.82, 2.24) is 4.90 Å². The molecule has 2 aliphatic heterocycles. The van der Waals surface area contributed by atoms with Crippen molar-refractivity contribution in [3.05, 3.63) is 29.8 Å². The molecule has 138 valence electrons. The van der Waals surface area contributed by atoms with Gasteiger partial charge in [0.05, 0.1) is 6.10 Å². The Balaban J connectivity index is 1.69. The molecule has 2 heterocycles. The lowest BCUT2D eigenvalue weighted by Crippen LogP contribution is -2.36. The van der Waals surface area contributed by atoms with Crippen molar-refractivity contribution in [3.8, 4) is 0 Å². The molecular formula is C20H31N3OS. The van der Waals surface area contributed by atoms with Gasteiger partial charge in [-0.1, -0.05) is 23.9 Å². The van der Waals surface area contributed by atoms with Gasteiger partial charge < -0.3 is 14.5 Å². The van der Waals surface area contributed by atoms with Crippen LogP contribution in [0.3, 0.4) is 0 Å². The minimum atomic E-state index is 0.361. The maximum absolute atomic E-state index is 5.88. The van der Waals surface area contributed by atoms with Crippen LogP contribution in [0.2, 0.25) is 0 Å². The van der Waals surface area contributed by atoms with Crippen LogP contribution < -0.4 is 4.90 Å². The summed E-state index contributed by atoms with van der Waals surface area (Å²) in [6, 6.07) is 9.04. The molecule has 0 aliphatic carbocycles. The average molecular weight is 362 g/mol. The molecule has 0 bridgehead atoms. The van der Waals surface area contributed by atoms with E-state index in [1.807, 2.05) is 11.8 Å². The van der Waals surface area contributed by atoms with Gasteiger partial charge in [-0.3, -0.25) is 4.99 Å². The van der Waals surface area contributed by atoms with Crippen molar-refractivity contribution in [2.75, 3.05) is 43.4 Å². The second-order valence-electron chi connectivity index (χ2n) is 6.72. The van der Waals surface area contributed by atoms with E-state index in [1.165, 1.54) is 41.4 Å². The van der Waals surface area contributed by atoms with Gasteiger partial charge in [-0.25, -0.2) is 0 Å². The third-order valence-electron chi connectivity index (χ3n) is 4.94. The third-order valence-corrected chi connectivity index (χ3v) is 6.08. The molecule has 2 aliphatic rings. The summed E-state index contributed by atoms with van der Waals surface area (Å²) in [5.41, 5.74) is 2.66. The quantitative estimate of drug-likeness (QED) is 0.734. The van der Waals surface area contributed by atoms with Crippen LogP contribution in [0, 0.1) is 0 Å². The topological polar surface area (TPSA) is 28.1 Å². The molecule has 1 fully saturated rings. The van der Waals surface area contributed by atoms with Crippen LogP contribution in [0.4, 0.5) is 5.69 Å². The second-order valence-corrected chi connectivity index (χ2v) is 7.78. The van der Waals surface area contributed by atoms with Gasteiger partial charge in [0.15, 0.2) is 5.17 Å². The fourth-order valence-electron chi connectivity index (χ4n) is 3.51. The first-order valence-electron chi connectivity index (χ1n) is 9.67. The summed E-state index contributed by atoms with van der Waals surface area (Å²) in [4.78, 5) is 9.60. The van der Waals surface area contributed by atoms with Crippen LogP contribution in [-0.2, 0) is 11.3 Å². The van der Waals surface area contributed by atoms with E-state index in [0.29, 0.717) is 6.10 Å². The highest BCUT2D eigenvalue weighted by Crippen LogP contribution is 2.23. The van der Waals surface area contributed by atoms with Crippen molar-refractivity contribution in [2.24, 2.45) is 4.99 Å². The van der Waals surface area contributed by atoms with Gasteiger partial charge in [0, 0.05) is 50.8 Å². The number of aliphatic imine (C=N–C) groups is 1. The normalized spacial score (nSPS) is 20.4. The first kappa shape index (κ1) is 18.6. The van der Waals surface area contributed by atoms with Crippen molar-refractivity contribution in [2.45, 2.75) is 45.8 Å². The van der Waals surface area contributed by atoms with E-state index in [2.05, 4.69) is 47.9 Å². The molecule has 0 spiro atoms. The maximum atomic E-state index is 5.88. The predicted octanol–water partition coefficient (Wildman–Crippen LogP) is 4.01. The zero-order valence-corrected chi connectivity index (χ0v) is 16.4. The molecule has 0 amide bonds. The number of thioether (sulfide) groups is 1. The van der Waals surface area contributed by atoms with Crippen LogP contribution >= 0.6 is 11.8 Å². The Labute approximate surface area is 156 Å². The van der Waals surface area contributed by atoms with Gasteiger partial charge >= 0.3 is 0 Å². The zero-order chi connectivity index (χ0) is 17.5. The number of ether oxygens (including phenoxy) is 1. The van der Waals surface area contributed by atoms with Crippen LogP contribution in [0.1, 0.15) is 38.7 Å². The molecular weight excluding hydrogens is 330 g/mol. The largest absolute Gasteiger partial charge is 0.376 e. The average Bonchev–Trinajstić information content (AvgIpc) is 3.17. The molecule has 1 unspecified atom stereocenters. The Morgan fingerprint density at radius 1 is 1.12 bits per heavy atom. The van der Waals surface area contributed by atoms with E-state index >= 15 is 0 Å². The molecule has 0 radical (unpaired) electrons. The lowest BCUT2D eigenvalue weighted by atomic mass is 10.1. The Bertz CT molecular complexity index is 551. The standard InChI is InChI=1S/C20H31N3OS/c1-3-22(4-2)18-10-8-17(9-11-18)15-23(16-19-7-5-13-24-19)20-21-12-6-14-25-20/h8-11,19H,3-7,12-16H2,1-2H3. The highest BCUT2D eigenvalue weighted by molar-refractivity contribution is 8.13. The summed E-state index contributed by atoms with van der Waals surface area (Å²) in [5.74, 6) is 1.18. The van der Waals surface area contributed by atoms with Crippen molar-refractivity contribution in [3.63, 3.8) is 0 Å². The first-order valence-corrected chi connectivity index (χ1v) is 10.7. The molecule has 1 atom stereocenters. The molecule has 0 saturated carbocycles. The molecule has 0 N–H and O–H groups in total. The number of nitrogens with zero attached hydrogens (tertiary/aromatic N) is 3. The highest BCUT2D eigenvalue weighted by atomic mass is 32.2. The molecule has 1 saturated heterocycles. The predicted molar refractivity (Wildman–Crippen MR) is 109 cm³/mol. The van der Waals surface area contributed by atoms with Crippen LogP contribution in [0.15, 0.2) is 29.3 Å². The van der Waals surface area contributed by atoms with Gasteiger partial charge in [-0.05, 0) is 50.8 Å². The highest BCUT2D eigenvalue weighted by Gasteiger charge is 2.23. The molecule has 1 aromatic carbocycles. The second kappa shape index (κ2) is 9.48. The fraction of sp³-hybridized carbons (Fsp3) is 0.650. The summed E-state index contributed by atoms with van der Waals surface area (Å²) in [5, 5.41) is 1.20. The molecule has 3 rings (SSSR count). The minimum Gasteiger partial charge on any atom is -0.376 e. The number of hydrogen-bond donors (Lipinski definition) is 0. The van der Waals surface area contributed by atoms with Gasteiger partial charge in [0.2, 0.25) is 0 Å². The summed E-state index contributed by atoms with van der Waals surface area (Å²) >= 11 is 1.90. The SMILES string of the molecule is CCN(CC)c1ccc(CN(CC2CCCO2)C2=NCCCS2)cc1. The number of benzene rings is 1. The molecule has 5 heteroatoms. The van der Waals surface area contributed by atoms with E-state index in [0.717, 1.165) is 39.3 Å². The summed E-state index contributed by atoms with van der Waals surface area (Å²) in [6.45, 7) is 10.3. The first-order chi connectivity index (χ1) is 12.3. The van der Waals surface area contributed by atoms with Gasteiger partial charge in [-0.15, -0.1) is 0 Å². The lowest BCUT2D eigenvalue weighted by Gasteiger charge is -2.30. The monoisotopic (exact) mass is 361 g/mol. The molecule has 1 aromatic rings. The van der Waals surface area contributed by atoms with Gasteiger partial charge in [0.1, 0.15) is 0 Å².